The van der Waals surface area contributed by atoms with Crippen molar-refractivity contribution in [1.82, 2.24) is 0 Å². The van der Waals surface area contributed by atoms with E-state index in [2.05, 4.69) is 0 Å². The number of aliphatic hydroxyl groups excluding tert-OH is 1. The topological polar surface area (TPSA) is 37.3 Å². The highest BCUT2D eigenvalue weighted by Gasteiger charge is 2.27. The van der Waals surface area contributed by atoms with E-state index in [1.54, 1.807) is 0 Å². The Morgan fingerprint density at radius 1 is 1.50 bits per heavy atom. The van der Waals surface area contributed by atoms with Crippen LogP contribution < -0.4 is 0 Å². The van der Waals surface area contributed by atoms with Crippen LogP contribution in [0.4, 0.5) is 0 Å². The van der Waals surface area contributed by atoms with Crippen molar-refractivity contribution in [2.45, 2.75) is 32.3 Å². The Labute approximate surface area is 61.2 Å². The summed E-state index contributed by atoms with van der Waals surface area (Å²) in [6.45, 7) is 2.00. The first-order valence-electron chi connectivity index (χ1n) is 3.89. The third kappa shape index (κ3) is 1.37. The molecule has 0 bridgehead atoms. The highest BCUT2D eigenvalue weighted by molar-refractivity contribution is 5.54. The van der Waals surface area contributed by atoms with Crippen molar-refractivity contribution < 1.29 is 9.90 Å². The molecule has 0 aliphatic heterocycles. The van der Waals surface area contributed by atoms with E-state index in [0.29, 0.717) is 5.92 Å². The van der Waals surface area contributed by atoms with Gasteiger partial charge in [0.25, 0.3) is 0 Å². The van der Waals surface area contributed by atoms with E-state index in [4.69, 9.17) is 0 Å². The zero-order valence-corrected chi connectivity index (χ0v) is 6.29. The Hall–Kier alpha value is -0.370. The van der Waals surface area contributed by atoms with Crippen LogP contribution in [0.5, 0.6) is 0 Å². The van der Waals surface area contributed by atoms with Gasteiger partial charge >= 0.3 is 0 Å². The molecule has 0 heterocycles. The zero-order chi connectivity index (χ0) is 7.56. The summed E-state index contributed by atoms with van der Waals surface area (Å²) >= 11 is 0. The molecular formula is C8H14O2. The van der Waals surface area contributed by atoms with Crippen LogP contribution >= 0.6 is 0 Å². The minimum absolute atomic E-state index is 0.0938. The van der Waals surface area contributed by atoms with Gasteiger partial charge in [-0.1, -0.05) is 13.3 Å². The molecule has 58 valence electrons. The lowest BCUT2D eigenvalue weighted by Gasteiger charge is -2.28. The van der Waals surface area contributed by atoms with Crippen molar-refractivity contribution in [3.05, 3.63) is 0 Å². The minimum Gasteiger partial charge on any atom is -0.392 e. The van der Waals surface area contributed by atoms with Gasteiger partial charge in [0.1, 0.15) is 6.29 Å². The fraction of sp³-hybridized carbons (Fsp3) is 0.875. The summed E-state index contributed by atoms with van der Waals surface area (Å²) in [5.41, 5.74) is 0. The van der Waals surface area contributed by atoms with E-state index in [0.717, 1.165) is 25.5 Å². The van der Waals surface area contributed by atoms with Crippen LogP contribution in [0.3, 0.4) is 0 Å². The smallest absolute Gasteiger partial charge is 0.125 e. The Bertz CT molecular complexity index is 122. The summed E-state index contributed by atoms with van der Waals surface area (Å²) in [4.78, 5) is 10.4. The van der Waals surface area contributed by atoms with Crippen LogP contribution in [0.15, 0.2) is 0 Å². The molecule has 2 heteroatoms. The Balaban J connectivity index is 2.50. The average molecular weight is 142 g/mol. The molecule has 1 fully saturated rings. The molecule has 0 aromatic heterocycles. The molecule has 3 atom stereocenters. The van der Waals surface area contributed by atoms with Gasteiger partial charge in [-0.3, -0.25) is 0 Å². The van der Waals surface area contributed by atoms with Crippen molar-refractivity contribution in [3.63, 3.8) is 0 Å². The summed E-state index contributed by atoms with van der Waals surface area (Å²) in [6.07, 6.45) is 3.52. The first-order valence-corrected chi connectivity index (χ1v) is 3.89. The monoisotopic (exact) mass is 142 g/mol. The molecule has 0 spiro atoms. The van der Waals surface area contributed by atoms with Crippen LogP contribution in [-0.2, 0) is 4.79 Å². The van der Waals surface area contributed by atoms with Gasteiger partial charge in [0.2, 0.25) is 0 Å². The molecule has 10 heavy (non-hydrogen) atoms. The van der Waals surface area contributed by atoms with Gasteiger partial charge in [0.05, 0.1) is 6.10 Å². The van der Waals surface area contributed by atoms with Crippen LogP contribution in [0.2, 0.25) is 0 Å². The maximum atomic E-state index is 10.4. The predicted octanol–water partition coefficient (Wildman–Crippen LogP) is 0.982. The van der Waals surface area contributed by atoms with Crippen molar-refractivity contribution in [3.8, 4) is 0 Å². The van der Waals surface area contributed by atoms with E-state index in [1.165, 1.54) is 0 Å². The summed E-state index contributed by atoms with van der Waals surface area (Å²) in [5, 5.41) is 9.41. The Morgan fingerprint density at radius 2 is 2.20 bits per heavy atom. The number of hydrogen-bond donors (Lipinski definition) is 1. The van der Waals surface area contributed by atoms with Gasteiger partial charge in [-0.05, 0) is 18.8 Å². The maximum absolute atomic E-state index is 10.4. The largest absolute Gasteiger partial charge is 0.392 e. The number of hydrogen-bond acceptors (Lipinski definition) is 2. The highest BCUT2D eigenvalue weighted by Crippen LogP contribution is 2.27. The summed E-state index contributed by atoms with van der Waals surface area (Å²) < 4.78 is 0. The average Bonchev–Trinajstić information content (AvgIpc) is 1.95. The van der Waals surface area contributed by atoms with E-state index in [9.17, 15) is 9.90 Å². The SMILES string of the molecule is CC1CCCC(C=O)C1O. The van der Waals surface area contributed by atoms with E-state index in [-0.39, 0.29) is 12.0 Å². The van der Waals surface area contributed by atoms with Gasteiger partial charge in [0, 0.05) is 5.92 Å². The quantitative estimate of drug-likeness (QED) is 0.554. The Morgan fingerprint density at radius 3 is 2.70 bits per heavy atom. The second kappa shape index (κ2) is 3.15. The fourth-order valence-corrected chi connectivity index (χ4v) is 1.59. The third-order valence-corrected chi connectivity index (χ3v) is 2.39. The first kappa shape index (κ1) is 7.73. The van der Waals surface area contributed by atoms with Gasteiger partial charge < -0.3 is 9.90 Å². The molecule has 2 nitrogen and oxygen atoms in total. The minimum atomic E-state index is -0.383. The molecule has 0 aromatic rings. The van der Waals surface area contributed by atoms with E-state index < -0.39 is 0 Å². The molecule has 1 saturated carbocycles. The normalized spacial score (nSPS) is 41.2. The molecule has 0 radical (unpaired) electrons. The van der Waals surface area contributed by atoms with Gasteiger partial charge in [-0.25, -0.2) is 0 Å². The Kier molecular flexibility index (Phi) is 2.44. The second-order valence-corrected chi connectivity index (χ2v) is 3.20. The number of aldehydes is 1. The molecule has 1 aliphatic rings. The molecule has 0 saturated heterocycles. The summed E-state index contributed by atoms with van der Waals surface area (Å²) in [5.74, 6) is 0.215. The molecular weight excluding hydrogens is 128 g/mol. The second-order valence-electron chi connectivity index (χ2n) is 3.20. The summed E-state index contributed by atoms with van der Waals surface area (Å²) in [6, 6.07) is 0. The molecule has 0 amide bonds. The van der Waals surface area contributed by atoms with Crippen molar-refractivity contribution in [2.75, 3.05) is 0 Å². The van der Waals surface area contributed by atoms with Crippen molar-refractivity contribution in [2.24, 2.45) is 11.8 Å². The van der Waals surface area contributed by atoms with Crippen LogP contribution in [-0.4, -0.2) is 17.5 Å². The van der Waals surface area contributed by atoms with Crippen LogP contribution in [0, 0.1) is 11.8 Å². The van der Waals surface area contributed by atoms with Crippen LogP contribution in [0.25, 0.3) is 0 Å². The predicted molar refractivity (Wildman–Crippen MR) is 38.6 cm³/mol. The van der Waals surface area contributed by atoms with Gasteiger partial charge in [0.15, 0.2) is 0 Å². The van der Waals surface area contributed by atoms with Gasteiger partial charge in [-0.15, -0.1) is 0 Å². The lowest BCUT2D eigenvalue weighted by Crippen LogP contribution is -2.32. The standard InChI is InChI=1S/C8H14O2/c1-6-3-2-4-7(5-9)8(6)10/h5-8,10H,2-4H2,1H3. The van der Waals surface area contributed by atoms with Gasteiger partial charge in [-0.2, -0.15) is 0 Å². The molecule has 3 unspecified atom stereocenters. The molecule has 1 N–H and O–H groups in total. The molecule has 1 aliphatic carbocycles. The van der Waals surface area contributed by atoms with Crippen molar-refractivity contribution >= 4 is 6.29 Å². The number of carbonyl (C=O) groups is 1. The van der Waals surface area contributed by atoms with E-state index >= 15 is 0 Å². The summed E-state index contributed by atoms with van der Waals surface area (Å²) in [7, 11) is 0. The lowest BCUT2D eigenvalue weighted by molar-refractivity contribution is -0.117. The number of rotatable bonds is 1. The first-order chi connectivity index (χ1) is 4.75. The molecule has 0 aromatic carbocycles. The highest BCUT2D eigenvalue weighted by atomic mass is 16.3. The number of aliphatic hydroxyl groups is 1. The maximum Gasteiger partial charge on any atom is 0.125 e. The lowest BCUT2D eigenvalue weighted by atomic mass is 9.80. The number of carbonyl (C=O) groups excluding carboxylic acids is 1. The zero-order valence-electron chi connectivity index (χ0n) is 6.29. The van der Waals surface area contributed by atoms with Crippen molar-refractivity contribution in [1.29, 1.82) is 0 Å². The molecule has 1 rings (SSSR count). The fourth-order valence-electron chi connectivity index (χ4n) is 1.59. The van der Waals surface area contributed by atoms with Crippen LogP contribution in [0.1, 0.15) is 26.2 Å². The van der Waals surface area contributed by atoms with E-state index in [1.807, 2.05) is 6.92 Å². The third-order valence-electron chi connectivity index (χ3n) is 2.39.